The van der Waals surface area contributed by atoms with E-state index >= 15 is 0 Å². The molecule has 2 fully saturated rings. The predicted molar refractivity (Wildman–Crippen MR) is 46.8 cm³/mol. The van der Waals surface area contributed by atoms with Crippen LogP contribution in [-0.2, 0) is 9.84 Å². The second kappa shape index (κ2) is 2.68. The summed E-state index contributed by atoms with van der Waals surface area (Å²) in [4.78, 5) is 0. The predicted octanol–water partition coefficient (Wildman–Crippen LogP) is -1.27. The van der Waals surface area contributed by atoms with Crippen molar-refractivity contribution < 1.29 is 8.42 Å². The molecule has 3 atom stereocenters. The molecule has 2 rings (SSSR count). The average molecular weight is 190 g/mol. The zero-order valence-electron chi connectivity index (χ0n) is 7.08. The van der Waals surface area contributed by atoms with E-state index in [1.54, 1.807) is 0 Å². The van der Waals surface area contributed by atoms with Crippen molar-refractivity contribution in [1.82, 2.24) is 10.6 Å². The molecule has 70 valence electrons. The molecule has 0 amide bonds. The molecule has 2 heterocycles. The molecule has 4 nitrogen and oxygen atoms in total. The van der Waals surface area contributed by atoms with Crippen LogP contribution in [-0.4, -0.2) is 44.6 Å². The minimum absolute atomic E-state index is 0.138. The Balaban J connectivity index is 2.12. The highest BCUT2D eigenvalue weighted by Crippen LogP contribution is 2.15. The summed E-state index contributed by atoms with van der Waals surface area (Å²) < 4.78 is 22.4. The Morgan fingerprint density at radius 1 is 1.25 bits per heavy atom. The standard InChI is InChI=1S/C7H14N2O2S/c1-5-2-8-6-3-12(10,11)4-7(6)9-5/h5-9H,2-4H2,1H3. The zero-order valence-corrected chi connectivity index (χ0v) is 7.89. The van der Waals surface area contributed by atoms with Gasteiger partial charge in [-0.05, 0) is 6.92 Å². The molecule has 0 radical (unpaired) electrons. The van der Waals surface area contributed by atoms with Crippen molar-refractivity contribution in [3.05, 3.63) is 0 Å². The minimum Gasteiger partial charge on any atom is -0.310 e. The van der Waals surface area contributed by atoms with E-state index < -0.39 is 9.84 Å². The van der Waals surface area contributed by atoms with E-state index in [0.717, 1.165) is 6.54 Å². The van der Waals surface area contributed by atoms with Crippen molar-refractivity contribution in [1.29, 1.82) is 0 Å². The first-order chi connectivity index (χ1) is 5.57. The molecule has 0 aliphatic carbocycles. The van der Waals surface area contributed by atoms with Crippen LogP contribution in [0.4, 0.5) is 0 Å². The molecule has 3 unspecified atom stereocenters. The molecule has 0 aromatic heterocycles. The Labute approximate surface area is 72.6 Å². The summed E-state index contributed by atoms with van der Waals surface area (Å²) in [5, 5.41) is 6.54. The third-order valence-corrected chi connectivity index (χ3v) is 4.27. The van der Waals surface area contributed by atoms with Crippen LogP contribution >= 0.6 is 0 Å². The lowest BCUT2D eigenvalue weighted by Crippen LogP contribution is -2.59. The van der Waals surface area contributed by atoms with Gasteiger partial charge in [-0.2, -0.15) is 0 Å². The van der Waals surface area contributed by atoms with Crippen molar-refractivity contribution in [2.75, 3.05) is 18.1 Å². The van der Waals surface area contributed by atoms with E-state index in [4.69, 9.17) is 0 Å². The molecule has 2 aliphatic heterocycles. The number of hydrogen-bond donors (Lipinski definition) is 2. The summed E-state index contributed by atoms with van der Waals surface area (Å²) in [5.74, 6) is 0.604. The smallest absolute Gasteiger partial charge is 0.153 e. The molecule has 2 N–H and O–H groups in total. The van der Waals surface area contributed by atoms with Gasteiger partial charge in [-0.3, -0.25) is 0 Å². The van der Waals surface area contributed by atoms with Gasteiger partial charge in [0.2, 0.25) is 0 Å². The Morgan fingerprint density at radius 3 is 2.67 bits per heavy atom. The van der Waals surface area contributed by atoms with E-state index in [1.165, 1.54) is 0 Å². The van der Waals surface area contributed by atoms with E-state index in [2.05, 4.69) is 17.6 Å². The quantitative estimate of drug-likeness (QED) is 0.500. The van der Waals surface area contributed by atoms with Crippen LogP contribution in [0.3, 0.4) is 0 Å². The largest absolute Gasteiger partial charge is 0.310 e. The third kappa shape index (κ3) is 1.48. The maximum absolute atomic E-state index is 11.2. The Morgan fingerprint density at radius 2 is 1.92 bits per heavy atom. The van der Waals surface area contributed by atoms with Gasteiger partial charge in [0.05, 0.1) is 11.5 Å². The molecule has 0 aromatic carbocycles. The zero-order chi connectivity index (χ0) is 8.77. The van der Waals surface area contributed by atoms with Gasteiger partial charge in [-0.15, -0.1) is 0 Å². The lowest BCUT2D eigenvalue weighted by atomic mass is 10.1. The van der Waals surface area contributed by atoms with Gasteiger partial charge in [0.1, 0.15) is 0 Å². The Bertz CT molecular complexity index is 275. The first-order valence-corrected chi connectivity index (χ1v) is 6.09. The maximum atomic E-state index is 11.2. The number of sulfone groups is 1. The molecule has 0 spiro atoms. The number of hydrogen-bond acceptors (Lipinski definition) is 4. The molecule has 2 aliphatic rings. The lowest BCUT2D eigenvalue weighted by Gasteiger charge is -2.31. The fraction of sp³-hybridized carbons (Fsp3) is 1.00. The molecule has 12 heavy (non-hydrogen) atoms. The van der Waals surface area contributed by atoms with Crippen LogP contribution < -0.4 is 10.6 Å². The number of piperazine rings is 1. The van der Waals surface area contributed by atoms with Crippen molar-refractivity contribution in [2.45, 2.75) is 25.0 Å². The van der Waals surface area contributed by atoms with Gasteiger partial charge < -0.3 is 10.6 Å². The second-order valence-electron chi connectivity index (χ2n) is 3.77. The fourth-order valence-electron chi connectivity index (χ4n) is 1.97. The van der Waals surface area contributed by atoms with Gasteiger partial charge in [-0.25, -0.2) is 8.42 Å². The minimum atomic E-state index is -2.78. The first-order valence-electron chi connectivity index (χ1n) is 4.27. The van der Waals surface area contributed by atoms with Crippen LogP contribution in [0.5, 0.6) is 0 Å². The van der Waals surface area contributed by atoms with Gasteiger partial charge in [0.25, 0.3) is 0 Å². The number of rotatable bonds is 0. The highest BCUT2D eigenvalue weighted by Gasteiger charge is 2.39. The summed E-state index contributed by atoms with van der Waals surface area (Å²) in [6.45, 7) is 2.94. The van der Waals surface area contributed by atoms with Gasteiger partial charge in [-0.1, -0.05) is 0 Å². The SMILES string of the molecule is CC1CNC2CS(=O)(=O)CC2N1. The normalized spacial score (nSPS) is 45.6. The van der Waals surface area contributed by atoms with Crippen molar-refractivity contribution in [3.8, 4) is 0 Å². The molecule has 0 saturated carbocycles. The summed E-state index contributed by atoms with van der Waals surface area (Å²) >= 11 is 0. The van der Waals surface area contributed by atoms with E-state index in [0.29, 0.717) is 17.5 Å². The summed E-state index contributed by atoms with van der Waals surface area (Å²) in [5.41, 5.74) is 0. The van der Waals surface area contributed by atoms with E-state index in [9.17, 15) is 8.42 Å². The fourth-order valence-corrected chi connectivity index (χ4v) is 3.87. The van der Waals surface area contributed by atoms with Gasteiger partial charge in [0.15, 0.2) is 9.84 Å². The molecule has 0 bridgehead atoms. The highest BCUT2D eigenvalue weighted by atomic mass is 32.2. The second-order valence-corrected chi connectivity index (χ2v) is 5.92. The molecule has 0 aromatic rings. The van der Waals surface area contributed by atoms with Crippen LogP contribution in [0.15, 0.2) is 0 Å². The third-order valence-electron chi connectivity index (χ3n) is 2.54. The monoisotopic (exact) mass is 190 g/mol. The van der Waals surface area contributed by atoms with Crippen molar-refractivity contribution in [2.24, 2.45) is 0 Å². The Kier molecular flexibility index (Phi) is 1.89. The summed E-state index contributed by atoms with van der Waals surface area (Å²) in [6, 6.07) is 0.671. The van der Waals surface area contributed by atoms with E-state index in [-0.39, 0.29) is 12.1 Å². The highest BCUT2D eigenvalue weighted by molar-refractivity contribution is 7.91. The summed E-state index contributed by atoms with van der Waals surface area (Å²) in [7, 11) is -2.78. The van der Waals surface area contributed by atoms with Gasteiger partial charge >= 0.3 is 0 Å². The number of fused-ring (bicyclic) bond motifs is 1. The van der Waals surface area contributed by atoms with Crippen LogP contribution in [0.25, 0.3) is 0 Å². The van der Waals surface area contributed by atoms with Gasteiger partial charge in [0, 0.05) is 24.7 Å². The van der Waals surface area contributed by atoms with Crippen LogP contribution in [0.1, 0.15) is 6.92 Å². The van der Waals surface area contributed by atoms with Crippen LogP contribution in [0, 0.1) is 0 Å². The molecular formula is C7H14N2O2S. The molecular weight excluding hydrogens is 176 g/mol. The van der Waals surface area contributed by atoms with Crippen molar-refractivity contribution >= 4 is 9.84 Å². The first kappa shape index (κ1) is 8.47. The maximum Gasteiger partial charge on any atom is 0.153 e. The molecule has 2 saturated heterocycles. The lowest BCUT2D eigenvalue weighted by molar-refractivity contribution is 0.321. The Hall–Kier alpha value is -0.130. The van der Waals surface area contributed by atoms with Crippen molar-refractivity contribution in [3.63, 3.8) is 0 Å². The van der Waals surface area contributed by atoms with Crippen LogP contribution in [0.2, 0.25) is 0 Å². The topological polar surface area (TPSA) is 58.2 Å². The summed E-state index contributed by atoms with van der Waals surface area (Å²) in [6.07, 6.45) is 0. The average Bonchev–Trinajstić information content (AvgIpc) is 2.21. The van der Waals surface area contributed by atoms with E-state index in [1.807, 2.05) is 0 Å². The molecule has 5 heteroatoms. The number of nitrogens with one attached hydrogen (secondary N) is 2.